The third kappa shape index (κ3) is 3.17. The molecule has 25 heavy (non-hydrogen) atoms. The molecule has 1 aromatic carbocycles. The summed E-state index contributed by atoms with van der Waals surface area (Å²) in [5.41, 5.74) is 3.78. The fourth-order valence-electron chi connectivity index (χ4n) is 4.00. The normalized spacial score (nSPS) is 23.1. The molecule has 4 nitrogen and oxygen atoms in total. The maximum Gasteiger partial charge on any atom is 0.255 e. The van der Waals surface area contributed by atoms with Gasteiger partial charge in [-0.25, -0.2) is 0 Å². The van der Waals surface area contributed by atoms with Crippen LogP contribution in [-0.4, -0.2) is 23.2 Å². The lowest BCUT2D eigenvalue weighted by atomic mass is 9.73. The third-order valence-electron chi connectivity index (χ3n) is 5.53. The van der Waals surface area contributed by atoms with Gasteiger partial charge in [-0.1, -0.05) is 23.8 Å². The molecule has 0 unspecified atom stereocenters. The zero-order valence-electron chi connectivity index (χ0n) is 15.2. The van der Waals surface area contributed by atoms with E-state index in [4.69, 9.17) is 0 Å². The Balaban J connectivity index is 2.20. The Hall–Kier alpha value is -2.23. The third-order valence-corrected chi connectivity index (χ3v) is 5.53. The maximum absolute atomic E-state index is 12.4. The van der Waals surface area contributed by atoms with Crippen molar-refractivity contribution in [2.75, 3.05) is 7.05 Å². The number of rotatable bonds is 4. The molecule has 3 N–H and O–H groups in total. The lowest BCUT2D eigenvalue weighted by Crippen LogP contribution is -2.22. The van der Waals surface area contributed by atoms with Crippen molar-refractivity contribution in [3.05, 3.63) is 46.6 Å². The first-order valence-corrected chi connectivity index (χ1v) is 8.98. The predicted molar refractivity (Wildman–Crippen MR) is 99.2 cm³/mol. The van der Waals surface area contributed by atoms with Crippen LogP contribution in [0.2, 0.25) is 0 Å². The minimum absolute atomic E-state index is 0.0780. The SMILES string of the molecule is C=C(C)[C@@H]1CCC(C)=C[C@H]1c1c(O)cc(C2CC2)c(C(=O)NC)c1O. The molecule has 0 spiro atoms. The molecule has 0 bridgehead atoms. The number of carbonyl (C=O) groups excluding carboxylic acids is 1. The Kier molecular flexibility index (Phi) is 4.63. The highest BCUT2D eigenvalue weighted by Crippen LogP contribution is 2.51. The van der Waals surface area contributed by atoms with E-state index in [2.05, 4.69) is 24.9 Å². The van der Waals surface area contributed by atoms with Crippen LogP contribution in [0.15, 0.2) is 29.9 Å². The molecule has 0 saturated heterocycles. The van der Waals surface area contributed by atoms with E-state index in [0.717, 1.165) is 36.8 Å². The number of nitrogens with one attached hydrogen (secondary N) is 1. The largest absolute Gasteiger partial charge is 0.507 e. The summed E-state index contributed by atoms with van der Waals surface area (Å²) in [7, 11) is 1.56. The van der Waals surface area contributed by atoms with Gasteiger partial charge >= 0.3 is 0 Å². The number of amides is 1. The van der Waals surface area contributed by atoms with Gasteiger partial charge in [0.05, 0.1) is 5.56 Å². The number of phenolic OH excluding ortho intramolecular Hbond substituents is 2. The Morgan fingerprint density at radius 2 is 1.96 bits per heavy atom. The zero-order chi connectivity index (χ0) is 18.3. The summed E-state index contributed by atoms with van der Waals surface area (Å²) in [4.78, 5) is 12.4. The number of aromatic hydroxyl groups is 2. The molecule has 0 heterocycles. The fourth-order valence-corrected chi connectivity index (χ4v) is 4.00. The van der Waals surface area contributed by atoms with Gasteiger partial charge in [0.15, 0.2) is 0 Å². The average Bonchev–Trinajstić information content (AvgIpc) is 3.38. The summed E-state index contributed by atoms with van der Waals surface area (Å²) in [5, 5.41) is 24.3. The summed E-state index contributed by atoms with van der Waals surface area (Å²) in [6.07, 6.45) is 5.99. The Bertz CT molecular complexity index is 759. The van der Waals surface area contributed by atoms with Gasteiger partial charge < -0.3 is 15.5 Å². The second-order valence-electron chi connectivity index (χ2n) is 7.51. The van der Waals surface area contributed by atoms with Crippen LogP contribution in [0.3, 0.4) is 0 Å². The van der Waals surface area contributed by atoms with Crippen molar-refractivity contribution in [3.63, 3.8) is 0 Å². The monoisotopic (exact) mass is 341 g/mol. The summed E-state index contributed by atoms with van der Waals surface area (Å²) in [6, 6.07) is 1.69. The Morgan fingerprint density at radius 3 is 2.52 bits per heavy atom. The first-order chi connectivity index (χ1) is 11.8. The lowest BCUT2D eigenvalue weighted by molar-refractivity contribution is 0.0959. The van der Waals surface area contributed by atoms with Gasteiger partial charge in [-0.3, -0.25) is 4.79 Å². The van der Waals surface area contributed by atoms with Gasteiger partial charge in [0.1, 0.15) is 11.5 Å². The van der Waals surface area contributed by atoms with Crippen molar-refractivity contribution in [2.45, 2.75) is 51.4 Å². The van der Waals surface area contributed by atoms with Crippen molar-refractivity contribution < 1.29 is 15.0 Å². The standard InChI is InChI=1S/C21H27NO3/c1-11(2)14-8-5-12(3)9-16(14)18-17(23)10-15(13-6-7-13)19(20(18)24)21(25)22-4/h9-10,13-14,16,23-24H,1,5-8H2,2-4H3,(H,22,25)/t14-,16+/m0/s1. The molecular weight excluding hydrogens is 314 g/mol. The Morgan fingerprint density at radius 1 is 1.28 bits per heavy atom. The molecule has 1 saturated carbocycles. The highest BCUT2D eigenvalue weighted by molar-refractivity contribution is 5.99. The first-order valence-electron chi connectivity index (χ1n) is 8.98. The van der Waals surface area contributed by atoms with Gasteiger partial charge in [0, 0.05) is 18.5 Å². The van der Waals surface area contributed by atoms with Gasteiger partial charge in [-0.05, 0) is 63.0 Å². The highest BCUT2D eigenvalue weighted by atomic mass is 16.3. The number of hydrogen-bond donors (Lipinski definition) is 3. The van der Waals surface area contributed by atoms with E-state index in [-0.39, 0.29) is 35.2 Å². The van der Waals surface area contributed by atoms with Gasteiger partial charge in [0.25, 0.3) is 5.91 Å². The first kappa shape index (κ1) is 17.6. The van der Waals surface area contributed by atoms with Gasteiger partial charge in [-0.15, -0.1) is 0 Å². The lowest BCUT2D eigenvalue weighted by Gasteiger charge is -2.32. The van der Waals surface area contributed by atoms with E-state index in [0.29, 0.717) is 11.1 Å². The van der Waals surface area contributed by atoms with Crippen molar-refractivity contribution in [1.29, 1.82) is 0 Å². The smallest absolute Gasteiger partial charge is 0.255 e. The molecule has 2 aliphatic rings. The van der Waals surface area contributed by atoms with Crippen molar-refractivity contribution in [3.8, 4) is 11.5 Å². The van der Waals surface area contributed by atoms with Gasteiger partial charge in [-0.2, -0.15) is 0 Å². The molecule has 1 fully saturated rings. The predicted octanol–water partition coefficient (Wildman–Crippen LogP) is 4.35. The van der Waals surface area contributed by atoms with Crippen LogP contribution in [0.4, 0.5) is 0 Å². The minimum atomic E-state index is -0.302. The van der Waals surface area contributed by atoms with Gasteiger partial charge in [0.2, 0.25) is 0 Å². The Labute approximate surface area is 149 Å². The van der Waals surface area contributed by atoms with Crippen LogP contribution in [0.5, 0.6) is 11.5 Å². The summed E-state index contributed by atoms with van der Waals surface area (Å²) < 4.78 is 0. The summed E-state index contributed by atoms with van der Waals surface area (Å²) in [5.74, 6) is -0.0758. The van der Waals surface area contributed by atoms with Crippen LogP contribution in [0.25, 0.3) is 0 Å². The molecule has 0 radical (unpaired) electrons. The number of phenols is 2. The summed E-state index contributed by atoms with van der Waals surface area (Å²) >= 11 is 0. The van der Waals surface area contributed by atoms with E-state index < -0.39 is 0 Å². The molecule has 2 atom stereocenters. The van der Waals surface area contributed by atoms with Crippen LogP contribution in [0.1, 0.15) is 72.9 Å². The molecule has 3 rings (SSSR count). The van der Waals surface area contributed by atoms with Crippen LogP contribution in [0, 0.1) is 5.92 Å². The molecular formula is C21H27NO3. The number of hydrogen-bond acceptors (Lipinski definition) is 3. The number of allylic oxidation sites excluding steroid dienone is 3. The van der Waals surface area contributed by atoms with Crippen LogP contribution in [-0.2, 0) is 0 Å². The number of carbonyl (C=O) groups is 1. The molecule has 0 aliphatic heterocycles. The minimum Gasteiger partial charge on any atom is -0.507 e. The van der Waals surface area contributed by atoms with E-state index in [1.54, 1.807) is 13.1 Å². The second kappa shape index (κ2) is 6.58. The average molecular weight is 341 g/mol. The summed E-state index contributed by atoms with van der Waals surface area (Å²) in [6.45, 7) is 8.14. The molecule has 134 valence electrons. The molecule has 0 aromatic heterocycles. The highest BCUT2D eigenvalue weighted by Gasteiger charge is 2.36. The number of benzene rings is 1. The van der Waals surface area contributed by atoms with Crippen LogP contribution < -0.4 is 5.32 Å². The van der Waals surface area contributed by atoms with E-state index in [9.17, 15) is 15.0 Å². The van der Waals surface area contributed by atoms with Crippen molar-refractivity contribution in [2.24, 2.45) is 5.92 Å². The second-order valence-corrected chi connectivity index (χ2v) is 7.51. The van der Waals surface area contributed by atoms with E-state index in [1.165, 1.54) is 5.57 Å². The molecule has 4 heteroatoms. The quantitative estimate of drug-likeness (QED) is 0.713. The molecule has 1 amide bonds. The molecule has 2 aliphatic carbocycles. The van der Waals surface area contributed by atoms with Crippen molar-refractivity contribution in [1.82, 2.24) is 5.32 Å². The van der Waals surface area contributed by atoms with Crippen LogP contribution >= 0.6 is 0 Å². The maximum atomic E-state index is 12.4. The van der Waals surface area contributed by atoms with E-state index in [1.807, 2.05) is 6.92 Å². The van der Waals surface area contributed by atoms with E-state index >= 15 is 0 Å². The zero-order valence-corrected chi connectivity index (χ0v) is 15.2. The molecule has 1 aromatic rings. The fraction of sp³-hybridized carbons (Fsp3) is 0.476. The topological polar surface area (TPSA) is 69.6 Å². The van der Waals surface area contributed by atoms with Crippen molar-refractivity contribution >= 4 is 5.91 Å².